The number of amides is 1. The minimum Gasteiger partial charge on any atom is -0.307 e. The van der Waals surface area contributed by atoms with Crippen LogP contribution in [0.5, 0.6) is 0 Å². The zero-order valence-electron chi connectivity index (χ0n) is 17.6. The Bertz CT molecular complexity index is 958. The van der Waals surface area contributed by atoms with Crippen molar-refractivity contribution < 1.29 is 13.2 Å². The second-order valence-corrected chi connectivity index (χ2v) is 10.00. The topological polar surface area (TPSA) is 84.3 Å². The molecule has 1 fully saturated rings. The Hall–Kier alpha value is -2.19. The summed E-state index contributed by atoms with van der Waals surface area (Å²) in [4.78, 5) is 12.8. The summed E-state index contributed by atoms with van der Waals surface area (Å²) in [6.07, 6.45) is 5.11. The van der Waals surface area contributed by atoms with E-state index in [2.05, 4.69) is 10.4 Å². The monoisotopic (exact) mass is 418 g/mol. The average molecular weight is 419 g/mol. The van der Waals surface area contributed by atoms with Gasteiger partial charge in [0.2, 0.25) is 10.0 Å². The molecule has 1 aliphatic carbocycles. The molecule has 1 saturated carbocycles. The van der Waals surface area contributed by atoms with E-state index in [9.17, 15) is 13.2 Å². The van der Waals surface area contributed by atoms with E-state index in [1.807, 2.05) is 26.8 Å². The number of anilines is 1. The Morgan fingerprint density at radius 1 is 1.17 bits per heavy atom. The largest absolute Gasteiger partial charge is 0.307 e. The Morgan fingerprint density at radius 3 is 2.38 bits per heavy atom. The molecule has 1 aromatic carbocycles. The molecule has 0 bridgehead atoms. The first kappa shape index (κ1) is 21.5. The smallest absolute Gasteiger partial charge is 0.256 e. The molecule has 2 aromatic rings. The maximum absolute atomic E-state index is 12.9. The van der Waals surface area contributed by atoms with Crippen molar-refractivity contribution in [2.24, 2.45) is 0 Å². The van der Waals surface area contributed by atoms with Crippen molar-refractivity contribution in [2.45, 2.75) is 69.9 Å². The SMILES string of the molecule is Cc1cc(NC(=O)c2ccc(S(=O)(=O)N(C)C3CCCCC3)cc2)n(C(C)C)n1. The average Bonchev–Trinajstić information content (AvgIpc) is 3.08. The van der Waals surface area contributed by atoms with Crippen molar-refractivity contribution in [2.75, 3.05) is 12.4 Å². The van der Waals surface area contributed by atoms with Gasteiger partial charge in [0.1, 0.15) is 5.82 Å². The van der Waals surface area contributed by atoms with Crippen molar-refractivity contribution in [1.82, 2.24) is 14.1 Å². The van der Waals surface area contributed by atoms with Crippen molar-refractivity contribution in [3.8, 4) is 0 Å². The van der Waals surface area contributed by atoms with Crippen molar-refractivity contribution in [3.05, 3.63) is 41.6 Å². The molecule has 0 saturated heterocycles. The molecule has 0 radical (unpaired) electrons. The summed E-state index contributed by atoms with van der Waals surface area (Å²) in [5, 5.41) is 7.25. The van der Waals surface area contributed by atoms with Gasteiger partial charge in [0, 0.05) is 30.8 Å². The summed E-state index contributed by atoms with van der Waals surface area (Å²) in [6, 6.07) is 8.11. The molecule has 1 aliphatic rings. The van der Waals surface area contributed by atoms with Gasteiger partial charge in [-0.3, -0.25) is 4.79 Å². The fourth-order valence-electron chi connectivity index (χ4n) is 3.78. The van der Waals surface area contributed by atoms with Gasteiger partial charge < -0.3 is 5.32 Å². The number of hydrogen-bond donors (Lipinski definition) is 1. The maximum Gasteiger partial charge on any atom is 0.256 e. The van der Waals surface area contributed by atoms with Crippen LogP contribution >= 0.6 is 0 Å². The molecular weight excluding hydrogens is 388 g/mol. The lowest BCUT2D eigenvalue weighted by molar-refractivity contribution is 0.102. The molecule has 8 heteroatoms. The van der Waals surface area contributed by atoms with Crippen molar-refractivity contribution in [1.29, 1.82) is 0 Å². The first-order chi connectivity index (χ1) is 13.7. The van der Waals surface area contributed by atoms with Crippen LogP contribution in [0.1, 0.15) is 68.0 Å². The van der Waals surface area contributed by atoms with Crippen LogP contribution in [0.25, 0.3) is 0 Å². The fraction of sp³-hybridized carbons (Fsp3) is 0.524. The zero-order valence-corrected chi connectivity index (χ0v) is 18.4. The molecule has 1 heterocycles. The highest BCUT2D eigenvalue weighted by atomic mass is 32.2. The second kappa shape index (κ2) is 8.67. The molecule has 1 amide bonds. The Kier molecular flexibility index (Phi) is 6.43. The first-order valence-corrected chi connectivity index (χ1v) is 11.6. The van der Waals surface area contributed by atoms with Crippen LogP contribution in [-0.2, 0) is 10.0 Å². The molecule has 0 aliphatic heterocycles. The molecule has 1 N–H and O–H groups in total. The maximum atomic E-state index is 12.9. The van der Waals surface area contributed by atoms with E-state index in [1.54, 1.807) is 23.9 Å². The van der Waals surface area contributed by atoms with Crippen LogP contribution in [0.15, 0.2) is 35.2 Å². The summed E-state index contributed by atoms with van der Waals surface area (Å²) in [6.45, 7) is 5.85. The number of nitrogens with one attached hydrogen (secondary N) is 1. The summed E-state index contributed by atoms with van der Waals surface area (Å²) < 4.78 is 29.1. The van der Waals surface area contributed by atoms with Gasteiger partial charge >= 0.3 is 0 Å². The van der Waals surface area contributed by atoms with Gasteiger partial charge in [-0.25, -0.2) is 13.1 Å². The number of aryl methyl sites for hydroxylation is 1. The van der Waals surface area contributed by atoms with Gasteiger partial charge in [-0.05, 0) is 57.9 Å². The van der Waals surface area contributed by atoms with Crippen molar-refractivity contribution in [3.63, 3.8) is 0 Å². The third-order valence-electron chi connectivity index (χ3n) is 5.47. The predicted octanol–water partition coefficient (Wildman–Crippen LogP) is 3.98. The Labute approximate surface area is 173 Å². The van der Waals surface area contributed by atoms with Crippen LogP contribution in [0.3, 0.4) is 0 Å². The lowest BCUT2D eigenvalue weighted by atomic mass is 9.96. The minimum absolute atomic E-state index is 0.0521. The molecule has 3 rings (SSSR count). The van der Waals surface area contributed by atoms with Crippen molar-refractivity contribution >= 4 is 21.7 Å². The Morgan fingerprint density at radius 2 is 1.79 bits per heavy atom. The molecule has 7 nitrogen and oxygen atoms in total. The van der Waals surface area contributed by atoms with Crippen LogP contribution in [0, 0.1) is 6.92 Å². The number of sulfonamides is 1. The number of hydrogen-bond acceptors (Lipinski definition) is 4. The molecule has 158 valence electrons. The summed E-state index contributed by atoms with van der Waals surface area (Å²) in [5.41, 5.74) is 1.22. The van der Waals surface area contributed by atoms with E-state index in [1.165, 1.54) is 22.9 Å². The highest BCUT2D eigenvalue weighted by Crippen LogP contribution is 2.26. The third kappa shape index (κ3) is 4.70. The summed E-state index contributed by atoms with van der Waals surface area (Å²) in [5.74, 6) is 0.326. The van der Waals surface area contributed by atoms with Crippen LogP contribution in [0.2, 0.25) is 0 Å². The quantitative estimate of drug-likeness (QED) is 0.769. The van der Waals surface area contributed by atoms with Gasteiger partial charge in [0.05, 0.1) is 10.6 Å². The molecule has 1 aromatic heterocycles. The number of aromatic nitrogens is 2. The number of carbonyl (C=O) groups is 1. The molecule has 0 spiro atoms. The van der Waals surface area contributed by atoms with E-state index in [0.717, 1.165) is 31.4 Å². The number of nitrogens with zero attached hydrogens (tertiary/aromatic N) is 3. The van der Waals surface area contributed by atoms with E-state index < -0.39 is 10.0 Å². The van der Waals surface area contributed by atoms with E-state index >= 15 is 0 Å². The predicted molar refractivity (Wildman–Crippen MR) is 114 cm³/mol. The molecule has 0 unspecified atom stereocenters. The van der Waals surface area contributed by atoms with Crippen LogP contribution in [0.4, 0.5) is 5.82 Å². The number of rotatable bonds is 6. The Balaban J connectivity index is 1.75. The number of benzene rings is 1. The molecular formula is C21H30N4O3S. The molecule has 29 heavy (non-hydrogen) atoms. The van der Waals surface area contributed by atoms with Crippen LogP contribution < -0.4 is 5.32 Å². The number of carbonyl (C=O) groups excluding carboxylic acids is 1. The third-order valence-corrected chi connectivity index (χ3v) is 7.40. The second-order valence-electron chi connectivity index (χ2n) is 8.00. The zero-order chi connectivity index (χ0) is 21.2. The normalized spacial score (nSPS) is 15.8. The van der Waals surface area contributed by atoms with Gasteiger partial charge in [0.15, 0.2) is 0 Å². The standard InChI is InChI=1S/C21H30N4O3S/c1-15(2)25-20(14-16(3)23-25)22-21(26)17-10-12-19(13-11-17)29(27,28)24(4)18-8-6-5-7-9-18/h10-15,18H,5-9H2,1-4H3,(H,22,26). The van der Waals surface area contributed by atoms with E-state index in [0.29, 0.717) is 11.4 Å². The molecule has 0 atom stereocenters. The first-order valence-electron chi connectivity index (χ1n) is 10.2. The lowest BCUT2D eigenvalue weighted by Crippen LogP contribution is -2.38. The summed E-state index contributed by atoms with van der Waals surface area (Å²) >= 11 is 0. The highest BCUT2D eigenvalue weighted by Gasteiger charge is 2.29. The van der Waals surface area contributed by atoms with E-state index in [4.69, 9.17) is 0 Å². The van der Waals surface area contributed by atoms with E-state index in [-0.39, 0.29) is 22.9 Å². The summed E-state index contributed by atoms with van der Waals surface area (Å²) in [7, 11) is -1.91. The lowest BCUT2D eigenvalue weighted by Gasteiger charge is -2.30. The highest BCUT2D eigenvalue weighted by molar-refractivity contribution is 7.89. The minimum atomic E-state index is -3.57. The van der Waals surface area contributed by atoms with Crippen LogP contribution in [-0.4, -0.2) is 41.5 Å². The van der Waals surface area contributed by atoms with Gasteiger partial charge in [-0.15, -0.1) is 0 Å². The van der Waals surface area contributed by atoms with Gasteiger partial charge in [-0.1, -0.05) is 19.3 Å². The van der Waals surface area contributed by atoms with Gasteiger partial charge in [-0.2, -0.15) is 9.40 Å². The fourth-order valence-corrected chi connectivity index (χ4v) is 5.19. The van der Waals surface area contributed by atoms with Gasteiger partial charge in [0.25, 0.3) is 5.91 Å².